The van der Waals surface area contributed by atoms with Gasteiger partial charge in [-0.1, -0.05) is 37.6 Å². The molecule has 2 bridgehead atoms. The SMILES string of the molecule is CCC1CCC2CN(c3nc(OC)nc4c(F)c(-c5cc(O)cc6ccccc56)ncc34)CC(C1)N2. The number of methoxy groups -OCH3 is 1. The van der Waals surface area contributed by atoms with Crippen molar-refractivity contribution in [2.75, 3.05) is 25.1 Å². The highest BCUT2D eigenvalue weighted by Crippen LogP contribution is 2.37. The number of rotatable bonds is 4. The van der Waals surface area contributed by atoms with E-state index in [1.807, 2.05) is 24.3 Å². The third kappa shape index (κ3) is 3.99. The first kappa shape index (κ1) is 22.9. The standard InChI is InChI=1S/C28H30FN5O2/c1-3-16-8-9-18-14-34(15-19(10-16)31-18)27-23-13-30-25(24(29)26(23)32-28(33-27)36-2)22-12-20(35)11-17-6-4-5-7-21(17)22/h4-7,11-13,16,18-19,31,35H,3,8-10,14-15H2,1-2H3. The number of piperazine rings is 1. The van der Waals surface area contributed by atoms with Crippen LogP contribution in [0.2, 0.25) is 0 Å². The van der Waals surface area contributed by atoms with Gasteiger partial charge < -0.3 is 20.1 Å². The number of ether oxygens (including phenoxy) is 1. The molecule has 4 heterocycles. The van der Waals surface area contributed by atoms with Crippen molar-refractivity contribution in [2.24, 2.45) is 5.92 Å². The summed E-state index contributed by atoms with van der Waals surface area (Å²) in [6, 6.07) is 11.6. The van der Waals surface area contributed by atoms with Gasteiger partial charge in [-0.15, -0.1) is 0 Å². The Bertz CT molecular complexity index is 1440. The molecule has 0 amide bonds. The number of aromatic hydroxyl groups is 1. The molecule has 0 radical (unpaired) electrons. The van der Waals surface area contributed by atoms with Crippen LogP contribution in [0, 0.1) is 11.7 Å². The van der Waals surface area contributed by atoms with Gasteiger partial charge >= 0.3 is 6.01 Å². The molecular weight excluding hydrogens is 457 g/mol. The van der Waals surface area contributed by atoms with Crippen LogP contribution in [-0.4, -0.2) is 52.3 Å². The number of nitrogens with one attached hydrogen (secondary N) is 1. The molecule has 2 aliphatic heterocycles. The molecule has 36 heavy (non-hydrogen) atoms. The largest absolute Gasteiger partial charge is 0.508 e. The molecule has 2 fully saturated rings. The van der Waals surface area contributed by atoms with Crippen LogP contribution in [0.25, 0.3) is 32.9 Å². The Balaban J connectivity index is 1.48. The number of phenols is 1. The highest BCUT2D eigenvalue weighted by atomic mass is 19.1. The maximum atomic E-state index is 16.1. The lowest BCUT2D eigenvalue weighted by Gasteiger charge is -2.38. The molecule has 0 spiro atoms. The molecule has 0 saturated carbocycles. The van der Waals surface area contributed by atoms with Crippen LogP contribution in [0.5, 0.6) is 11.8 Å². The number of pyridine rings is 1. The van der Waals surface area contributed by atoms with Gasteiger partial charge in [0.05, 0.1) is 12.5 Å². The number of nitrogens with zero attached hydrogens (tertiary/aromatic N) is 4. The van der Waals surface area contributed by atoms with Crippen molar-refractivity contribution in [1.82, 2.24) is 20.3 Å². The fourth-order valence-corrected chi connectivity index (χ4v) is 5.90. The second-order valence-electron chi connectivity index (χ2n) is 9.98. The van der Waals surface area contributed by atoms with Crippen molar-refractivity contribution in [3.05, 3.63) is 48.4 Å². The number of halogens is 1. The van der Waals surface area contributed by atoms with Crippen LogP contribution >= 0.6 is 0 Å². The van der Waals surface area contributed by atoms with E-state index in [0.29, 0.717) is 28.9 Å². The summed E-state index contributed by atoms with van der Waals surface area (Å²) >= 11 is 0. The smallest absolute Gasteiger partial charge is 0.318 e. The van der Waals surface area contributed by atoms with Crippen molar-refractivity contribution >= 4 is 27.5 Å². The third-order valence-electron chi connectivity index (χ3n) is 7.70. The van der Waals surface area contributed by atoms with Crippen LogP contribution in [-0.2, 0) is 0 Å². The average Bonchev–Trinajstić information content (AvgIpc) is 3.04. The van der Waals surface area contributed by atoms with Crippen LogP contribution in [0.15, 0.2) is 42.6 Å². The third-order valence-corrected chi connectivity index (χ3v) is 7.70. The molecule has 4 aromatic rings. The summed E-state index contributed by atoms with van der Waals surface area (Å²) in [6.45, 7) is 3.85. The van der Waals surface area contributed by atoms with E-state index in [2.05, 4.69) is 32.1 Å². The van der Waals surface area contributed by atoms with Crippen LogP contribution in [0.1, 0.15) is 32.6 Å². The molecule has 186 valence electrons. The lowest BCUT2D eigenvalue weighted by atomic mass is 9.94. The summed E-state index contributed by atoms with van der Waals surface area (Å²) < 4.78 is 21.6. The number of hydrogen-bond donors (Lipinski definition) is 2. The van der Waals surface area contributed by atoms with E-state index in [1.54, 1.807) is 18.3 Å². The number of phenolic OH excluding ortho intramolecular Hbond substituents is 1. The topological polar surface area (TPSA) is 83.4 Å². The Morgan fingerprint density at radius 1 is 1.11 bits per heavy atom. The Morgan fingerprint density at radius 2 is 1.94 bits per heavy atom. The van der Waals surface area contributed by atoms with Gasteiger partial charge in [0.1, 0.15) is 22.8 Å². The minimum atomic E-state index is -0.552. The maximum absolute atomic E-state index is 16.1. The molecule has 7 nitrogen and oxygen atoms in total. The number of fused-ring (bicyclic) bond motifs is 4. The highest BCUT2D eigenvalue weighted by molar-refractivity contribution is 5.99. The maximum Gasteiger partial charge on any atom is 0.318 e. The van der Waals surface area contributed by atoms with Crippen molar-refractivity contribution in [3.8, 4) is 23.0 Å². The van der Waals surface area contributed by atoms with E-state index < -0.39 is 5.82 Å². The summed E-state index contributed by atoms with van der Waals surface area (Å²) in [6.07, 6.45) is 6.32. The first-order valence-electron chi connectivity index (χ1n) is 12.7. The van der Waals surface area contributed by atoms with Crippen molar-refractivity contribution in [2.45, 2.75) is 44.7 Å². The normalized spacial score (nSPS) is 22.1. The summed E-state index contributed by atoms with van der Waals surface area (Å²) in [4.78, 5) is 15.8. The molecular formula is C28H30FN5O2. The number of anilines is 1. The molecule has 2 aliphatic rings. The Kier molecular flexibility index (Phi) is 5.84. The molecule has 2 aromatic heterocycles. The van der Waals surface area contributed by atoms with E-state index in [4.69, 9.17) is 4.74 Å². The quantitative estimate of drug-likeness (QED) is 0.417. The van der Waals surface area contributed by atoms with Crippen LogP contribution < -0.4 is 15.0 Å². The molecule has 3 atom stereocenters. The van der Waals surface area contributed by atoms with E-state index in [-0.39, 0.29) is 23.0 Å². The molecule has 3 unspecified atom stereocenters. The Labute approximate surface area is 209 Å². The van der Waals surface area contributed by atoms with Gasteiger partial charge in [-0.3, -0.25) is 4.98 Å². The molecule has 2 saturated heterocycles. The number of benzene rings is 2. The van der Waals surface area contributed by atoms with Crippen LogP contribution in [0.3, 0.4) is 0 Å². The number of aromatic nitrogens is 3. The van der Waals surface area contributed by atoms with Crippen molar-refractivity contribution < 1.29 is 14.2 Å². The second kappa shape index (κ2) is 9.17. The lowest BCUT2D eigenvalue weighted by Crippen LogP contribution is -2.56. The van der Waals surface area contributed by atoms with Gasteiger partial charge in [0.25, 0.3) is 0 Å². The second-order valence-corrected chi connectivity index (χ2v) is 9.98. The van der Waals surface area contributed by atoms with Crippen LogP contribution in [0.4, 0.5) is 10.2 Å². The minimum absolute atomic E-state index is 0.0553. The van der Waals surface area contributed by atoms with Gasteiger partial charge in [-0.2, -0.15) is 9.97 Å². The first-order valence-corrected chi connectivity index (χ1v) is 12.7. The van der Waals surface area contributed by atoms with Gasteiger partial charge in [-0.25, -0.2) is 4.39 Å². The van der Waals surface area contributed by atoms with Gasteiger partial charge in [0.15, 0.2) is 5.82 Å². The zero-order chi connectivity index (χ0) is 24.8. The van der Waals surface area contributed by atoms with Gasteiger partial charge in [0.2, 0.25) is 0 Å². The van der Waals surface area contributed by atoms with E-state index >= 15 is 4.39 Å². The zero-order valence-electron chi connectivity index (χ0n) is 20.5. The molecule has 8 heteroatoms. The molecule has 0 aliphatic carbocycles. The fraction of sp³-hybridized carbons (Fsp3) is 0.393. The molecule has 2 N–H and O–H groups in total. The minimum Gasteiger partial charge on any atom is -0.508 e. The Hall–Kier alpha value is -3.52. The predicted octanol–water partition coefficient (Wildman–Crippen LogP) is 5.06. The lowest BCUT2D eigenvalue weighted by molar-refractivity contribution is 0.355. The van der Waals surface area contributed by atoms with Gasteiger partial charge in [0, 0.05) is 36.9 Å². The molecule has 6 rings (SSSR count). The monoisotopic (exact) mass is 487 g/mol. The number of hydrogen-bond acceptors (Lipinski definition) is 7. The first-order chi connectivity index (χ1) is 17.5. The highest BCUT2D eigenvalue weighted by Gasteiger charge is 2.33. The fourth-order valence-electron chi connectivity index (χ4n) is 5.90. The van der Waals surface area contributed by atoms with Crippen molar-refractivity contribution in [1.29, 1.82) is 0 Å². The van der Waals surface area contributed by atoms with Crippen molar-refractivity contribution in [3.63, 3.8) is 0 Å². The van der Waals surface area contributed by atoms with Gasteiger partial charge in [-0.05, 0) is 48.1 Å². The summed E-state index contributed by atoms with van der Waals surface area (Å²) in [5.74, 6) is 0.883. The molecule has 2 aromatic carbocycles. The van der Waals surface area contributed by atoms with E-state index in [0.717, 1.165) is 42.6 Å². The summed E-state index contributed by atoms with van der Waals surface area (Å²) in [7, 11) is 1.50. The Morgan fingerprint density at radius 3 is 2.78 bits per heavy atom. The average molecular weight is 488 g/mol. The van der Waals surface area contributed by atoms with E-state index in [1.165, 1.54) is 20.0 Å². The summed E-state index contributed by atoms with van der Waals surface area (Å²) in [5, 5.41) is 16.3. The summed E-state index contributed by atoms with van der Waals surface area (Å²) in [5.41, 5.74) is 0.825. The predicted molar refractivity (Wildman–Crippen MR) is 139 cm³/mol. The zero-order valence-corrected chi connectivity index (χ0v) is 20.5. The van der Waals surface area contributed by atoms with E-state index in [9.17, 15) is 5.11 Å².